The van der Waals surface area contributed by atoms with Gasteiger partial charge in [-0.1, -0.05) is 0 Å². The van der Waals surface area contributed by atoms with Crippen molar-refractivity contribution in [1.82, 2.24) is 0 Å². The molecule has 0 aliphatic rings. The van der Waals surface area contributed by atoms with Crippen LogP contribution >= 0.6 is 0 Å². The lowest BCUT2D eigenvalue weighted by atomic mass is 9.69. The highest BCUT2D eigenvalue weighted by Gasteiger charge is 2.45. The molecule has 0 aromatic carbocycles. The Kier molecular flexibility index (Phi) is 7.46. The second-order valence-corrected chi connectivity index (χ2v) is 5.20. The van der Waals surface area contributed by atoms with Crippen molar-refractivity contribution in [2.24, 2.45) is 16.9 Å². The number of nitrogens with two attached hydrogens (primary N) is 2. The molecular formula is C12H20N2O8. The molecule has 10 nitrogen and oxygen atoms in total. The van der Waals surface area contributed by atoms with Gasteiger partial charge < -0.3 is 31.9 Å². The summed E-state index contributed by atoms with van der Waals surface area (Å²) in [7, 11) is 0. The number of aliphatic carboxylic acids is 4. The van der Waals surface area contributed by atoms with Crippen LogP contribution < -0.4 is 11.5 Å². The summed E-state index contributed by atoms with van der Waals surface area (Å²) in [6.07, 6.45) is -2.87. The van der Waals surface area contributed by atoms with Crippen LogP contribution in [0.3, 0.4) is 0 Å². The number of carbonyl (C=O) groups is 4. The quantitative estimate of drug-likeness (QED) is 0.271. The fourth-order valence-corrected chi connectivity index (χ4v) is 2.37. The summed E-state index contributed by atoms with van der Waals surface area (Å²) in [6.45, 7) is 0. The van der Waals surface area contributed by atoms with Gasteiger partial charge in [-0.25, -0.2) is 0 Å². The van der Waals surface area contributed by atoms with Crippen molar-refractivity contribution in [3.05, 3.63) is 0 Å². The largest absolute Gasteiger partial charge is 0.481 e. The molecule has 0 aliphatic heterocycles. The summed E-state index contributed by atoms with van der Waals surface area (Å²) in [6, 6.07) is -2.34. The number of hydrogen-bond acceptors (Lipinski definition) is 6. The molecule has 0 amide bonds. The molecule has 0 rings (SSSR count). The fraction of sp³-hybridized carbons (Fsp3) is 0.667. The van der Waals surface area contributed by atoms with E-state index in [1.54, 1.807) is 0 Å². The molecule has 2 unspecified atom stereocenters. The molecule has 0 aliphatic carbocycles. The predicted octanol–water partition coefficient (Wildman–Crippen LogP) is -1.08. The van der Waals surface area contributed by atoms with E-state index in [9.17, 15) is 19.2 Å². The minimum absolute atomic E-state index is 0.128. The first-order valence-corrected chi connectivity index (χ1v) is 6.38. The van der Waals surface area contributed by atoms with Gasteiger partial charge in [0.2, 0.25) is 0 Å². The van der Waals surface area contributed by atoms with Crippen LogP contribution in [0.5, 0.6) is 0 Å². The summed E-state index contributed by atoms with van der Waals surface area (Å²) in [4.78, 5) is 43.5. The average molecular weight is 320 g/mol. The van der Waals surface area contributed by atoms with Gasteiger partial charge in [0.15, 0.2) is 0 Å². The Labute approximate surface area is 125 Å². The van der Waals surface area contributed by atoms with Gasteiger partial charge >= 0.3 is 23.9 Å². The summed E-state index contributed by atoms with van der Waals surface area (Å²) >= 11 is 0. The molecular weight excluding hydrogens is 300 g/mol. The molecule has 126 valence electrons. The Morgan fingerprint density at radius 1 is 0.773 bits per heavy atom. The Balaban J connectivity index is 5.46. The van der Waals surface area contributed by atoms with E-state index >= 15 is 0 Å². The van der Waals surface area contributed by atoms with E-state index < -0.39 is 60.6 Å². The number of rotatable bonds is 11. The maximum atomic E-state index is 11.0. The third-order valence-corrected chi connectivity index (χ3v) is 3.37. The first kappa shape index (κ1) is 19.8. The van der Waals surface area contributed by atoms with E-state index in [2.05, 4.69) is 0 Å². The molecule has 2 atom stereocenters. The third-order valence-electron chi connectivity index (χ3n) is 3.37. The lowest BCUT2D eigenvalue weighted by Gasteiger charge is -2.38. The highest BCUT2D eigenvalue weighted by atomic mass is 16.4. The number of hydrogen-bond donors (Lipinski definition) is 6. The van der Waals surface area contributed by atoms with E-state index in [1.807, 2.05) is 0 Å². The van der Waals surface area contributed by atoms with Crippen molar-refractivity contribution < 1.29 is 39.6 Å². The van der Waals surface area contributed by atoms with Crippen LogP contribution in [0, 0.1) is 5.41 Å². The second kappa shape index (κ2) is 8.29. The molecule has 0 saturated heterocycles. The molecule has 0 fully saturated rings. The molecule has 0 aromatic heterocycles. The molecule has 0 aromatic rings. The monoisotopic (exact) mass is 320 g/mol. The first-order valence-electron chi connectivity index (χ1n) is 6.38. The van der Waals surface area contributed by atoms with Gasteiger partial charge in [-0.3, -0.25) is 19.2 Å². The molecule has 0 heterocycles. The average Bonchev–Trinajstić information content (AvgIpc) is 2.32. The van der Waals surface area contributed by atoms with Crippen LogP contribution in [0.25, 0.3) is 0 Å². The van der Waals surface area contributed by atoms with Crippen LogP contribution in [-0.4, -0.2) is 56.4 Å². The maximum Gasteiger partial charge on any atom is 0.304 e. The first-order chi connectivity index (χ1) is 10.00. The van der Waals surface area contributed by atoms with Gasteiger partial charge in [0.05, 0.1) is 19.3 Å². The summed E-state index contributed by atoms with van der Waals surface area (Å²) in [5.74, 6) is -5.39. The highest BCUT2D eigenvalue weighted by molar-refractivity contribution is 5.76. The number of carboxylic acid groups (broad SMARTS) is 4. The SMILES string of the molecule is NC(CCC(=O)O)C(N)C(CC(=O)O)(CC(=O)O)CC(=O)O. The molecule has 0 saturated carbocycles. The van der Waals surface area contributed by atoms with Crippen molar-refractivity contribution in [3.63, 3.8) is 0 Å². The zero-order valence-electron chi connectivity index (χ0n) is 11.8. The third kappa shape index (κ3) is 6.50. The molecule has 0 spiro atoms. The van der Waals surface area contributed by atoms with Crippen LogP contribution in [0.4, 0.5) is 0 Å². The smallest absolute Gasteiger partial charge is 0.304 e. The lowest BCUT2D eigenvalue weighted by molar-refractivity contribution is -0.149. The highest BCUT2D eigenvalue weighted by Crippen LogP contribution is 2.36. The Hall–Kier alpha value is -2.20. The second-order valence-electron chi connectivity index (χ2n) is 5.20. The van der Waals surface area contributed by atoms with Crippen molar-refractivity contribution >= 4 is 23.9 Å². The van der Waals surface area contributed by atoms with Gasteiger partial charge in [0.25, 0.3) is 0 Å². The molecule has 10 heteroatoms. The van der Waals surface area contributed by atoms with Gasteiger partial charge in [0, 0.05) is 23.9 Å². The van der Waals surface area contributed by atoms with Gasteiger partial charge in [-0.05, 0) is 6.42 Å². The summed E-state index contributed by atoms with van der Waals surface area (Å²) < 4.78 is 0. The van der Waals surface area contributed by atoms with E-state index in [1.165, 1.54) is 0 Å². The molecule has 0 bridgehead atoms. The van der Waals surface area contributed by atoms with Crippen molar-refractivity contribution in [2.45, 2.75) is 44.2 Å². The van der Waals surface area contributed by atoms with Gasteiger partial charge in [0.1, 0.15) is 0 Å². The lowest BCUT2D eigenvalue weighted by Crippen LogP contribution is -2.55. The molecule has 8 N–H and O–H groups in total. The van der Waals surface area contributed by atoms with Crippen molar-refractivity contribution in [3.8, 4) is 0 Å². The standard InChI is InChI=1S/C12H20N2O8/c13-6(1-2-7(15)16)11(14)12(3-8(17)18,4-9(19)20)5-10(21)22/h6,11H,1-5,13-14H2,(H,15,16)(H,17,18)(H,19,20)(H,21,22). The Morgan fingerprint density at radius 2 is 1.14 bits per heavy atom. The zero-order chi connectivity index (χ0) is 17.5. The maximum absolute atomic E-state index is 11.0. The summed E-state index contributed by atoms with van der Waals surface area (Å²) in [5.41, 5.74) is 9.73. The minimum Gasteiger partial charge on any atom is -0.481 e. The van der Waals surface area contributed by atoms with Gasteiger partial charge in [-0.15, -0.1) is 0 Å². The van der Waals surface area contributed by atoms with E-state index in [0.29, 0.717) is 0 Å². The predicted molar refractivity (Wildman–Crippen MR) is 72.0 cm³/mol. The summed E-state index contributed by atoms with van der Waals surface area (Å²) in [5, 5.41) is 35.4. The topological polar surface area (TPSA) is 201 Å². The van der Waals surface area contributed by atoms with E-state index in [4.69, 9.17) is 31.9 Å². The van der Waals surface area contributed by atoms with Crippen molar-refractivity contribution in [2.75, 3.05) is 0 Å². The van der Waals surface area contributed by atoms with Gasteiger partial charge in [-0.2, -0.15) is 0 Å². The fourth-order valence-electron chi connectivity index (χ4n) is 2.37. The van der Waals surface area contributed by atoms with Crippen LogP contribution in [-0.2, 0) is 19.2 Å². The van der Waals surface area contributed by atoms with Crippen LogP contribution in [0.1, 0.15) is 32.1 Å². The zero-order valence-corrected chi connectivity index (χ0v) is 11.8. The molecule has 0 radical (unpaired) electrons. The van der Waals surface area contributed by atoms with E-state index in [0.717, 1.165) is 0 Å². The van der Waals surface area contributed by atoms with Crippen molar-refractivity contribution in [1.29, 1.82) is 0 Å². The number of carboxylic acids is 4. The Bertz CT molecular complexity index is 410. The van der Waals surface area contributed by atoms with Crippen LogP contribution in [0.15, 0.2) is 0 Å². The van der Waals surface area contributed by atoms with Crippen LogP contribution in [0.2, 0.25) is 0 Å². The minimum atomic E-state index is -1.80. The normalized spacial score (nSPS) is 14.1. The molecule has 22 heavy (non-hydrogen) atoms. The van der Waals surface area contributed by atoms with E-state index in [-0.39, 0.29) is 12.8 Å². The Morgan fingerprint density at radius 3 is 1.41 bits per heavy atom.